The molecule has 0 radical (unpaired) electrons. The van der Waals surface area contributed by atoms with Crippen molar-refractivity contribution in [2.45, 2.75) is 12.0 Å². The summed E-state index contributed by atoms with van der Waals surface area (Å²) < 4.78 is 0. The van der Waals surface area contributed by atoms with E-state index in [1.807, 2.05) is 6.92 Å². The molecule has 0 aliphatic carbocycles. The third kappa shape index (κ3) is 4.34. The van der Waals surface area contributed by atoms with E-state index < -0.39 is 0 Å². The zero-order chi connectivity index (χ0) is 4.12. The van der Waals surface area contributed by atoms with Gasteiger partial charge in [0.1, 0.15) is 0 Å². The summed E-state index contributed by atoms with van der Waals surface area (Å²) in [5.41, 5.74) is 0. The summed E-state index contributed by atoms with van der Waals surface area (Å²) >= 11 is 2.12. The first-order valence-corrected chi connectivity index (χ1v) is 2.03. The minimum atomic E-state index is 1.16. The Bertz CT molecular complexity index is 30.6. The fraction of sp³-hybridized carbons (Fsp3) is 0.500. The summed E-state index contributed by atoms with van der Waals surface area (Å²) in [6.07, 6.45) is 4.18. The monoisotopic (exact) mass is 62.1 g/mol. The Morgan fingerprint density at radius 2 is 2.40 bits per heavy atom. The van der Waals surface area contributed by atoms with Gasteiger partial charge in [0, 0.05) is 0 Å². The predicted octanol–water partition coefficient (Wildman–Crippen LogP) is 1.15. The van der Waals surface area contributed by atoms with Crippen molar-refractivity contribution in [1.29, 1.82) is 0 Å². The first-order chi connectivity index (χ1) is 2.41. The SMILES string of the molecule is [Li][CH2]C=CC. The predicted molar refractivity (Wildman–Crippen MR) is 25.4 cm³/mol. The molecule has 0 aromatic carbocycles. The van der Waals surface area contributed by atoms with Crippen molar-refractivity contribution in [2.75, 3.05) is 0 Å². The van der Waals surface area contributed by atoms with Gasteiger partial charge in [0.05, 0.1) is 0 Å². The molecule has 0 amide bonds. The van der Waals surface area contributed by atoms with Crippen molar-refractivity contribution in [3.63, 3.8) is 0 Å². The first kappa shape index (κ1) is 5.34. The average Bonchev–Trinajstić information content (AvgIpc) is 1.41. The van der Waals surface area contributed by atoms with E-state index in [-0.39, 0.29) is 0 Å². The molecular weight excluding hydrogens is 55.0 g/mol. The van der Waals surface area contributed by atoms with Crippen LogP contribution in [-0.2, 0) is 0 Å². The Labute approximate surface area is 42.5 Å². The fourth-order valence-corrected chi connectivity index (χ4v) is 0.236. The normalized spacial score (nSPS) is 10.2. The van der Waals surface area contributed by atoms with Gasteiger partial charge in [0.15, 0.2) is 0 Å². The molecule has 0 rings (SSSR count). The van der Waals surface area contributed by atoms with Crippen LogP contribution in [0.4, 0.5) is 0 Å². The van der Waals surface area contributed by atoms with Crippen molar-refractivity contribution < 1.29 is 0 Å². The van der Waals surface area contributed by atoms with Gasteiger partial charge in [0.25, 0.3) is 0 Å². The topological polar surface area (TPSA) is 0 Å². The Morgan fingerprint density at radius 1 is 1.80 bits per heavy atom. The maximum absolute atomic E-state index is 2.12. The van der Waals surface area contributed by atoms with Crippen LogP contribution < -0.4 is 0 Å². The van der Waals surface area contributed by atoms with Gasteiger partial charge in [-0.3, -0.25) is 0 Å². The van der Waals surface area contributed by atoms with Crippen LogP contribution in [0.25, 0.3) is 0 Å². The van der Waals surface area contributed by atoms with Crippen LogP contribution in [0.15, 0.2) is 12.2 Å². The molecule has 0 nitrogen and oxygen atoms in total. The zero-order valence-corrected chi connectivity index (χ0v) is 3.86. The summed E-state index contributed by atoms with van der Waals surface area (Å²) in [5, 5.41) is 1.16. The van der Waals surface area contributed by atoms with Crippen LogP contribution in [-0.4, -0.2) is 17.7 Å². The van der Waals surface area contributed by atoms with E-state index in [4.69, 9.17) is 0 Å². The summed E-state index contributed by atoms with van der Waals surface area (Å²) in [7, 11) is 0. The molecule has 1 heteroatoms. The van der Waals surface area contributed by atoms with E-state index in [9.17, 15) is 0 Å². The zero-order valence-electron chi connectivity index (χ0n) is 3.86. The molecule has 0 aliphatic rings. The van der Waals surface area contributed by atoms with Crippen molar-refractivity contribution in [3.8, 4) is 0 Å². The second kappa shape index (κ2) is 4.34. The molecule has 24 valence electrons. The van der Waals surface area contributed by atoms with Gasteiger partial charge < -0.3 is 0 Å². The third-order valence-corrected chi connectivity index (χ3v) is 0.471. The summed E-state index contributed by atoms with van der Waals surface area (Å²) in [6.45, 7) is 2.03. The van der Waals surface area contributed by atoms with Crippen LogP contribution in [0.1, 0.15) is 6.92 Å². The van der Waals surface area contributed by atoms with Crippen molar-refractivity contribution in [3.05, 3.63) is 12.2 Å². The summed E-state index contributed by atoms with van der Waals surface area (Å²) in [5.74, 6) is 0. The Morgan fingerprint density at radius 3 is 2.40 bits per heavy atom. The average molecular weight is 62.0 g/mol. The van der Waals surface area contributed by atoms with Crippen LogP contribution in [0.3, 0.4) is 0 Å². The molecule has 0 bridgehead atoms. The Balaban J connectivity index is 2.62. The molecule has 0 spiro atoms. The molecule has 0 aromatic heterocycles. The summed E-state index contributed by atoms with van der Waals surface area (Å²) in [4.78, 5) is 0. The van der Waals surface area contributed by atoms with Gasteiger partial charge in [0.2, 0.25) is 0 Å². The van der Waals surface area contributed by atoms with Gasteiger partial charge in [-0.25, -0.2) is 0 Å². The molecule has 0 N–H and O–H groups in total. The van der Waals surface area contributed by atoms with E-state index >= 15 is 0 Å². The van der Waals surface area contributed by atoms with Gasteiger partial charge in [-0.1, -0.05) is 0 Å². The van der Waals surface area contributed by atoms with Crippen LogP contribution in [0, 0.1) is 0 Å². The number of hydrogen-bond donors (Lipinski definition) is 0. The van der Waals surface area contributed by atoms with E-state index in [0.29, 0.717) is 0 Å². The van der Waals surface area contributed by atoms with Gasteiger partial charge >= 0.3 is 41.9 Å². The van der Waals surface area contributed by atoms with E-state index in [0.717, 1.165) is 5.09 Å². The summed E-state index contributed by atoms with van der Waals surface area (Å²) in [6, 6.07) is 0. The van der Waals surface area contributed by atoms with Crippen LogP contribution in [0.5, 0.6) is 0 Å². The van der Waals surface area contributed by atoms with Gasteiger partial charge in [-0.15, -0.1) is 0 Å². The van der Waals surface area contributed by atoms with Crippen molar-refractivity contribution in [1.82, 2.24) is 0 Å². The van der Waals surface area contributed by atoms with Crippen molar-refractivity contribution >= 4 is 17.7 Å². The number of allylic oxidation sites excluding steroid dienone is 2. The Hall–Kier alpha value is 0.337. The molecule has 0 saturated heterocycles. The second-order valence-corrected chi connectivity index (χ2v) is 0.977. The second-order valence-electron chi connectivity index (χ2n) is 0.977. The molecule has 0 fully saturated rings. The maximum atomic E-state index is 2.12. The standard InChI is InChI=1S/C4H7.Li/c1-3-4-2;/h3-4H,1H2,2H3;. The fourth-order valence-electron chi connectivity index (χ4n) is 0.236. The van der Waals surface area contributed by atoms with E-state index in [2.05, 4.69) is 29.9 Å². The minimum absolute atomic E-state index is 1.16. The van der Waals surface area contributed by atoms with E-state index in [1.54, 1.807) is 0 Å². The molecule has 0 heterocycles. The molecular formula is C4H7Li. The molecule has 0 atom stereocenters. The molecule has 0 saturated carbocycles. The molecule has 0 unspecified atom stereocenters. The van der Waals surface area contributed by atoms with Crippen LogP contribution in [0.2, 0.25) is 5.09 Å². The first-order valence-electron chi connectivity index (χ1n) is 2.03. The van der Waals surface area contributed by atoms with Gasteiger partial charge in [-0.2, -0.15) is 0 Å². The van der Waals surface area contributed by atoms with E-state index in [1.165, 1.54) is 0 Å². The molecule has 0 aliphatic heterocycles. The third-order valence-electron chi connectivity index (χ3n) is 0.471. The van der Waals surface area contributed by atoms with Gasteiger partial charge in [-0.05, 0) is 0 Å². The number of rotatable bonds is 1. The Kier molecular flexibility index (Phi) is 4.63. The van der Waals surface area contributed by atoms with Crippen LogP contribution >= 0.6 is 0 Å². The number of hydrogen-bond acceptors (Lipinski definition) is 0. The molecule has 0 aromatic rings. The molecule has 5 heavy (non-hydrogen) atoms. The van der Waals surface area contributed by atoms with Crippen molar-refractivity contribution in [2.24, 2.45) is 0 Å². The quantitative estimate of drug-likeness (QED) is 0.315.